The van der Waals surface area contributed by atoms with Crippen molar-refractivity contribution < 1.29 is 31.5 Å². The molecule has 8 heteroatoms. The highest BCUT2D eigenvalue weighted by Gasteiger charge is 2.54. The highest BCUT2D eigenvalue weighted by atomic mass is 19.4. The van der Waals surface area contributed by atoms with Crippen LogP contribution in [-0.4, -0.2) is 23.3 Å². The fourth-order valence-corrected chi connectivity index (χ4v) is 2.63. The summed E-state index contributed by atoms with van der Waals surface area (Å²) in [7, 11) is 0. The van der Waals surface area contributed by atoms with Gasteiger partial charge in [0.25, 0.3) is 0 Å². The third-order valence-electron chi connectivity index (χ3n) is 3.63. The van der Waals surface area contributed by atoms with Crippen LogP contribution in [0.15, 0.2) is 65.8 Å². The topological polar surface area (TPSA) is 32.6 Å². The fraction of sp³-hybridized carbons (Fsp3) is 0.235. The maximum absolute atomic E-state index is 13.5. The maximum atomic E-state index is 13.5. The molecule has 2 atom stereocenters. The third-order valence-corrected chi connectivity index (χ3v) is 3.63. The smallest absolute Gasteiger partial charge is 0.401 e. The van der Waals surface area contributed by atoms with E-state index in [2.05, 4.69) is 5.16 Å². The zero-order valence-corrected chi connectivity index (χ0v) is 12.6. The van der Waals surface area contributed by atoms with Gasteiger partial charge in [-0.25, -0.2) is 0 Å². The highest BCUT2D eigenvalue weighted by molar-refractivity contribution is 5.97. The molecule has 0 aliphatic carbocycles. The minimum atomic E-state index is -5.07. The normalized spacial score (nSPS) is 14.6. The lowest BCUT2D eigenvalue weighted by Gasteiger charge is -2.28. The molecular weight excluding hydrogens is 348 g/mol. The van der Waals surface area contributed by atoms with Crippen molar-refractivity contribution in [3.63, 3.8) is 0 Å². The first-order valence-corrected chi connectivity index (χ1v) is 7.11. The molecule has 0 bridgehead atoms. The Morgan fingerprint density at radius 2 is 1.00 bits per heavy atom. The molecule has 0 spiro atoms. The van der Waals surface area contributed by atoms with Gasteiger partial charge in [0.15, 0.2) is 0 Å². The van der Waals surface area contributed by atoms with Crippen molar-refractivity contribution in [2.45, 2.75) is 24.2 Å². The van der Waals surface area contributed by atoms with Crippen LogP contribution >= 0.6 is 0 Å². The van der Waals surface area contributed by atoms with Crippen molar-refractivity contribution in [3.05, 3.63) is 71.8 Å². The van der Waals surface area contributed by atoms with Crippen molar-refractivity contribution in [2.75, 3.05) is 0 Å². The molecular formula is C17H13F6NO. The second kappa shape index (κ2) is 7.16. The van der Waals surface area contributed by atoms with Gasteiger partial charge in [-0.15, -0.1) is 0 Å². The second-order valence-corrected chi connectivity index (χ2v) is 5.30. The van der Waals surface area contributed by atoms with Gasteiger partial charge in [-0.1, -0.05) is 65.8 Å². The van der Waals surface area contributed by atoms with Crippen LogP contribution in [0.3, 0.4) is 0 Å². The van der Waals surface area contributed by atoms with Gasteiger partial charge in [0.05, 0.1) is 5.71 Å². The van der Waals surface area contributed by atoms with Crippen LogP contribution in [0.1, 0.15) is 23.0 Å². The zero-order chi connectivity index (χ0) is 18.7. The first-order chi connectivity index (χ1) is 11.7. The first-order valence-electron chi connectivity index (χ1n) is 7.11. The third kappa shape index (κ3) is 4.32. The minimum absolute atomic E-state index is 0.437. The van der Waals surface area contributed by atoms with Gasteiger partial charge in [-0.2, -0.15) is 26.3 Å². The SMILES string of the molecule is ON=C(C(c1ccccc1)C(F)(F)F)C(c1ccccc1)C(F)(F)F. The Kier molecular flexibility index (Phi) is 5.39. The van der Waals surface area contributed by atoms with Crippen LogP contribution in [0.25, 0.3) is 0 Å². The molecule has 2 aromatic rings. The number of alkyl halides is 6. The molecule has 0 aromatic heterocycles. The lowest BCUT2D eigenvalue weighted by Crippen LogP contribution is -2.38. The summed E-state index contributed by atoms with van der Waals surface area (Å²) in [5, 5.41) is 11.6. The number of benzene rings is 2. The lowest BCUT2D eigenvalue weighted by molar-refractivity contribution is -0.148. The Balaban J connectivity index is 2.63. The minimum Gasteiger partial charge on any atom is -0.411 e. The molecule has 2 unspecified atom stereocenters. The molecule has 0 saturated heterocycles. The largest absolute Gasteiger partial charge is 0.411 e. The van der Waals surface area contributed by atoms with Gasteiger partial charge < -0.3 is 5.21 Å². The van der Waals surface area contributed by atoms with E-state index in [0.717, 1.165) is 24.3 Å². The summed E-state index contributed by atoms with van der Waals surface area (Å²) in [5.41, 5.74) is -2.29. The van der Waals surface area contributed by atoms with Crippen molar-refractivity contribution in [1.29, 1.82) is 0 Å². The molecule has 2 aromatic carbocycles. The van der Waals surface area contributed by atoms with E-state index in [1.807, 2.05) is 0 Å². The molecule has 0 aliphatic heterocycles. The van der Waals surface area contributed by atoms with Gasteiger partial charge >= 0.3 is 12.4 Å². The van der Waals surface area contributed by atoms with E-state index in [1.165, 1.54) is 36.4 Å². The number of halogens is 6. The average Bonchev–Trinajstić information content (AvgIpc) is 2.53. The van der Waals surface area contributed by atoms with Crippen molar-refractivity contribution in [1.82, 2.24) is 0 Å². The maximum Gasteiger partial charge on any atom is 0.401 e. The molecule has 0 fully saturated rings. The van der Waals surface area contributed by atoms with Gasteiger partial charge in [0, 0.05) is 0 Å². The van der Waals surface area contributed by atoms with E-state index < -0.39 is 41.0 Å². The summed E-state index contributed by atoms with van der Waals surface area (Å²) < 4.78 is 81.3. The van der Waals surface area contributed by atoms with E-state index in [-0.39, 0.29) is 0 Å². The summed E-state index contributed by atoms with van der Waals surface area (Å²) in [6.07, 6.45) is -10.1. The van der Waals surface area contributed by atoms with Gasteiger partial charge in [0.2, 0.25) is 0 Å². The molecule has 0 amide bonds. The summed E-state index contributed by atoms with van der Waals surface area (Å²) in [5.74, 6) is -5.38. The number of oxime groups is 1. The Morgan fingerprint density at radius 3 is 1.24 bits per heavy atom. The van der Waals surface area contributed by atoms with Crippen molar-refractivity contribution in [3.8, 4) is 0 Å². The summed E-state index contributed by atoms with van der Waals surface area (Å²) in [4.78, 5) is 0. The predicted octanol–water partition coefficient (Wildman–Crippen LogP) is 5.51. The molecule has 0 radical (unpaired) electrons. The highest BCUT2D eigenvalue weighted by Crippen LogP contribution is 2.45. The number of hydrogen-bond acceptors (Lipinski definition) is 2. The number of nitrogens with zero attached hydrogens (tertiary/aromatic N) is 1. The Morgan fingerprint density at radius 1 is 0.680 bits per heavy atom. The Labute approximate surface area is 139 Å². The quantitative estimate of drug-likeness (QED) is 0.331. The van der Waals surface area contributed by atoms with Crippen LogP contribution in [0.5, 0.6) is 0 Å². The standard InChI is InChI=1S/C17H13F6NO/c18-16(19,20)13(11-7-3-1-4-8-11)15(24-25)14(17(21,22)23)12-9-5-2-6-10-12/h1-10,13-14,25H. The van der Waals surface area contributed by atoms with Crippen molar-refractivity contribution >= 4 is 5.71 Å². The van der Waals surface area contributed by atoms with Crippen LogP contribution in [0.4, 0.5) is 26.3 Å². The Bertz CT molecular complexity index is 650. The van der Waals surface area contributed by atoms with E-state index in [0.29, 0.717) is 0 Å². The van der Waals surface area contributed by atoms with E-state index in [9.17, 15) is 26.3 Å². The average molecular weight is 361 g/mol. The molecule has 0 aliphatic rings. The molecule has 0 saturated carbocycles. The zero-order valence-electron chi connectivity index (χ0n) is 12.6. The van der Waals surface area contributed by atoms with Gasteiger partial charge in [-0.05, 0) is 11.1 Å². The van der Waals surface area contributed by atoms with E-state index in [4.69, 9.17) is 5.21 Å². The van der Waals surface area contributed by atoms with Crippen LogP contribution < -0.4 is 0 Å². The molecule has 2 nitrogen and oxygen atoms in total. The number of hydrogen-bond donors (Lipinski definition) is 1. The molecule has 134 valence electrons. The van der Waals surface area contributed by atoms with Crippen molar-refractivity contribution in [2.24, 2.45) is 5.16 Å². The first kappa shape index (κ1) is 18.8. The monoisotopic (exact) mass is 361 g/mol. The molecule has 2 rings (SSSR count). The second-order valence-electron chi connectivity index (χ2n) is 5.30. The molecule has 0 heterocycles. The Hall–Kier alpha value is -2.51. The lowest BCUT2D eigenvalue weighted by atomic mass is 9.82. The molecule has 1 N–H and O–H groups in total. The fourth-order valence-electron chi connectivity index (χ4n) is 2.63. The van der Waals surface area contributed by atoms with Gasteiger partial charge in [0.1, 0.15) is 11.8 Å². The predicted molar refractivity (Wildman–Crippen MR) is 79.7 cm³/mol. The van der Waals surface area contributed by atoms with Crippen LogP contribution in [0, 0.1) is 0 Å². The summed E-state index contributed by atoms with van der Waals surface area (Å²) >= 11 is 0. The van der Waals surface area contributed by atoms with E-state index in [1.54, 1.807) is 0 Å². The van der Waals surface area contributed by atoms with Gasteiger partial charge in [-0.3, -0.25) is 0 Å². The van der Waals surface area contributed by atoms with Crippen LogP contribution in [0.2, 0.25) is 0 Å². The summed E-state index contributed by atoms with van der Waals surface area (Å²) in [6.45, 7) is 0. The van der Waals surface area contributed by atoms with Crippen LogP contribution in [-0.2, 0) is 0 Å². The summed E-state index contributed by atoms with van der Waals surface area (Å²) in [6, 6.07) is 12.1. The van der Waals surface area contributed by atoms with E-state index >= 15 is 0 Å². The molecule has 25 heavy (non-hydrogen) atoms. The number of rotatable bonds is 4.